The zero-order chi connectivity index (χ0) is 23.0. The molecule has 2 aromatic rings. The summed E-state index contributed by atoms with van der Waals surface area (Å²) in [4.78, 5) is 14.2. The third-order valence-corrected chi connectivity index (χ3v) is 7.52. The molecule has 2 aromatic carbocycles. The van der Waals surface area contributed by atoms with E-state index in [9.17, 15) is 18.3 Å². The second-order valence-corrected chi connectivity index (χ2v) is 9.96. The molecule has 0 bridgehead atoms. The highest BCUT2D eigenvalue weighted by molar-refractivity contribution is 7.89. The number of aromatic hydroxyl groups is 1. The molecular formula is C23H25N5O4S. The SMILES string of the molecule is O=C1NC2NC(c3ccc(S(=O)(=O)NC4CCNCC4)cc3)=CC2=CN1c1ccccc1O. The van der Waals surface area contributed by atoms with E-state index in [1.54, 1.807) is 48.7 Å². The van der Waals surface area contributed by atoms with Gasteiger partial charge in [0.1, 0.15) is 11.9 Å². The fourth-order valence-electron chi connectivity index (χ4n) is 4.22. The standard InChI is InChI=1S/C23H25N5O4S/c29-21-4-2-1-3-20(21)28-14-16-13-19(25-22(16)26-23(28)30)15-5-7-18(8-6-15)33(31,32)27-17-9-11-24-12-10-17/h1-8,13-14,17,22,24-25,27,29H,9-12H2,(H,26,30). The molecule has 0 saturated carbocycles. The van der Waals surface area contributed by atoms with Gasteiger partial charge in [0.2, 0.25) is 10.0 Å². The summed E-state index contributed by atoms with van der Waals surface area (Å²) >= 11 is 0. The van der Waals surface area contributed by atoms with Crippen LogP contribution < -0.4 is 25.6 Å². The van der Waals surface area contributed by atoms with Crippen LogP contribution >= 0.6 is 0 Å². The van der Waals surface area contributed by atoms with E-state index in [4.69, 9.17) is 0 Å². The van der Waals surface area contributed by atoms with Gasteiger partial charge in [-0.25, -0.2) is 17.9 Å². The third-order valence-electron chi connectivity index (χ3n) is 5.99. The van der Waals surface area contributed by atoms with Crippen LogP contribution in [0, 0.1) is 0 Å². The lowest BCUT2D eigenvalue weighted by Gasteiger charge is -2.29. The molecule has 10 heteroatoms. The Balaban J connectivity index is 1.35. The number of para-hydroxylation sites is 2. The van der Waals surface area contributed by atoms with Gasteiger partial charge in [-0.1, -0.05) is 24.3 Å². The number of fused-ring (bicyclic) bond motifs is 1. The Bertz CT molecular complexity index is 1230. The van der Waals surface area contributed by atoms with Crippen molar-refractivity contribution in [2.24, 2.45) is 0 Å². The maximum absolute atomic E-state index is 12.7. The van der Waals surface area contributed by atoms with E-state index in [2.05, 4.69) is 20.7 Å². The van der Waals surface area contributed by atoms with Crippen molar-refractivity contribution in [1.29, 1.82) is 0 Å². The number of nitrogens with zero attached hydrogens (tertiary/aromatic N) is 1. The first-order valence-corrected chi connectivity index (χ1v) is 12.3. The van der Waals surface area contributed by atoms with Crippen LogP contribution in [0.15, 0.2) is 71.3 Å². The Morgan fingerprint density at radius 2 is 1.73 bits per heavy atom. The topological polar surface area (TPSA) is 123 Å². The van der Waals surface area contributed by atoms with Crippen LogP contribution in [-0.2, 0) is 10.0 Å². The smallest absolute Gasteiger partial charge is 0.328 e. The lowest BCUT2D eigenvalue weighted by molar-refractivity contribution is 0.244. The number of hydrogen-bond donors (Lipinski definition) is 5. The number of anilines is 1. The number of carbonyl (C=O) groups excluding carboxylic acids is 1. The largest absolute Gasteiger partial charge is 0.506 e. The summed E-state index contributed by atoms with van der Waals surface area (Å²) in [6.45, 7) is 1.61. The maximum atomic E-state index is 12.7. The number of hydrogen-bond acceptors (Lipinski definition) is 6. The van der Waals surface area contributed by atoms with Crippen LogP contribution in [0.2, 0.25) is 0 Å². The Morgan fingerprint density at radius 3 is 2.45 bits per heavy atom. The number of amides is 2. The second-order valence-electron chi connectivity index (χ2n) is 8.24. The lowest BCUT2D eigenvalue weighted by atomic mass is 10.1. The van der Waals surface area contributed by atoms with Crippen LogP contribution in [0.1, 0.15) is 18.4 Å². The quantitative estimate of drug-likeness (QED) is 0.457. The van der Waals surface area contributed by atoms with E-state index in [0.29, 0.717) is 5.69 Å². The number of nitrogens with one attached hydrogen (secondary N) is 4. The van der Waals surface area contributed by atoms with E-state index in [1.807, 2.05) is 6.08 Å². The van der Waals surface area contributed by atoms with E-state index in [1.165, 1.54) is 11.0 Å². The van der Waals surface area contributed by atoms with Gasteiger partial charge in [-0.3, -0.25) is 4.90 Å². The molecule has 1 unspecified atom stereocenters. The summed E-state index contributed by atoms with van der Waals surface area (Å²) in [5.41, 5.74) is 2.77. The third kappa shape index (κ3) is 4.32. The molecule has 5 rings (SSSR count). The maximum Gasteiger partial charge on any atom is 0.328 e. The second kappa shape index (κ2) is 8.54. The van der Waals surface area contributed by atoms with Crippen molar-refractivity contribution in [2.75, 3.05) is 18.0 Å². The number of benzene rings is 2. The Labute approximate surface area is 192 Å². The summed E-state index contributed by atoms with van der Waals surface area (Å²) in [5, 5.41) is 19.4. The van der Waals surface area contributed by atoms with Gasteiger partial charge in [-0.05, 0) is 61.8 Å². The minimum Gasteiger partial charge on any atom is -0.506 e. The average molecular weight is 468 g/mol. The number of urea groups is 1. The molecule has 1 saturated heterocycles. The van der Waals surface area contributed by atoms with Gasteiger partial charge >= 0.3 is 6.03 Å². The molecule has 1 fully saturated rings. The molecule has 1 atom stereocenters. The van der Waals surface area contributed by atoms with Gasteiger partial charge in [0.05, 0.1) is 10.6 Å². The predicted molar refractivity (Wildman–Crippen MR) is 125 cm³/mol. The molecule has 172 valence electrons. The molecule has 0 aromatic heterocycles. The highest BCUT2D eigenvalue weighted by atomic mass is 32.2. The molecule has 3 aliphatic heterocycles. The minimum atomic E-state index is -3.59. The Morgan fingerprint density at radius 1 is 1.00 bits per heavy atom. The summed E-state index contributed by atoms with van der Waals surface area (Å²) in [6, 6.07) is 12.9. The monoisotopic (exact) mass is 467 g/mol. The van der Waals surface area contributed by atoms with Crippen molar-refractivity contribution < 1.29 is 18.3 Å². The number of sulfonamides is 1. The van der Waals surface area contributed by atoms with Crippen molar-refractivity contribution >= 4 is 27.4 Å². The summed E-state index contributed by atoms with van der Waals surface area (Å²) in [6.07, 6.45) is 4.72. The van der Waals surface area contributed by atoms with Crippen molar-refractivity contribution in [3.8, 4) is 5.75 Å². The molecule has 2 amide bonds. The van der Waals surface area contributed by atoms with E-state index < -0.39 is 16.2 Å². The van der Waals surface area contributed by atoms with Crippen molar-refractivity contribution in [1.82, 2.24) is 20.7 Å². The molecule has 33 heavy (non-hydrogen) atoms. The van der Waals surface area contributed by atoms with Crippen LogP contribution in [-0.4, -0.2) is 44.9 Å². The van der Waals surface area contributed by atoms with Gasteiger partial charge in [0.15, 0.2) is 0 Å². The summed E-state index contributed by atoms with van der Waals surface area (Å²) in [5.74, 6) is 0.00741. The molecule has 5 N–H and O–H groups in total. The normalized spacial score (nSPS) is 21.0. The number of phenols is 1. The summed E-state index contributed by atoms with van der Waals surface area (Å²) in [7, 11) is -3.59. The lowest BCUT2D eigenvalue weighted by Crippen LogP contribution is -2.51. The Kier molecular flexibility index (Phi) is 5.57. The number of carbonyl (C=O) groups is 1. The van der Waals surface area contributed by atoms with Gasteiger partial charge in [0.25, 0.3) is 0 Å². The molecule has 0 aliphatic carbocycles. The molecule has 0 spiro atoms. The molecule has 3 aliphatic rings. The zero-order valence-corrected chi connectivity index (χ0v) is 18.6. The van der Waals surface area contributed by atoms with Crippen LogP contribution in [0.4, 0.5) is 10.5 Å². The van der Waals surface area contributed by atoms with Crippen LogP contribution in [0.3, 0.4) is 0 Å². The fourth-order valence-corrected chi connectivity index (χ4v) is 5.52. The van der Waals surface area contributed by atoms with Gasteiger partial charge in [-0.15, -0.1) is 0 Å². The zero-order valence-electron chi connectivity index (χ0n) is 17.8. The minimum absolute atomic E-state index is 0.00741. The number of rotatable bonds is 5. The van der Waals surface area contributed by atoms with Crippen molar-refractivity contribution in [3.63, 3.8) is 0 Å². The fraction of sp³-hybridized carbons (Fsp3) is 0.261. The first-order valence-electron chi connectivity index (χ1n) is 10.8. The summed E-state index contributed by atoms with van der Waals surface area (Å²) < 4.78 is 28.2. The van der Waals surface area contributed by atoms with Crippen molar-refractivity contribution in [2.45, 2.75) is 29.9 Å². The van der Waals surface area contributed by atoms with Gasteiger partial charge in [-0.2, -0.15) is 0 Å². The van der Waals surface area contributed by atoms with Gasteiger partial charge < -0.3 is 21.1 Å². The molecule has 9 nitrogen and oxygen atoms in total. The average Bonchev–Trinajstić information content (AvgIpc) is 3.22. The molecule has 0 radical (unpaired) electrons. The first-order chi connectivity index (χ1) is 15.9. The molecular weight excluding hydrogens is 442 g/mol. The van der Waals surface area contributed by atoms with E-state index in [0.717, 1.165) is 42.8 Å². The van der Waals surface area contributed by atoms with E-state index in [-0.39, 0.29) is 22.7 Å². The molecule has 3 heterocycles. The van der Waals surface area contributed by atoms with Crippen LogP contribution in [0.25, 0.3) is 5.70 Å². The van der Waals surface area contributed by atoms with Crippen molar-refractivity contribution in [3.05, 3.63) is 71.9 Å². The number of piperidine rings is 1. The van der Waals surface area contributed by atoms with Gasteiger partial charge in [0, 0.05) is 23.5 Å². The number of phenolic OH excluding ortho intramolecular Hbond substituents is 1. The first kappa shape index (κ1) is 21.5. The van der Waals surface area contributed by atoms with Crippen LogP contribution in [0.5, 0.6) is 5.75 Å². The highest BCUT2D eigenvalue weighted by Gasteiger charge is 2.32. The van der Waals surface area contributed by atoms with E-state index >= 15 is 0 Å². The highest BCUT2D eigenvalue weighted by Crippen LogP contribution is 2.32. The predicted octanol–water partition coefficient (Wildman–Crippen LogP) is 1.81. The Hall–Kier alpha value is -3.34.